The molecular formula is C13H17FN2O2. The van der Waals surface area contributed by atoms with Gasteiger partial charge in [0.25, 0.3) is 0 Å². The summed E-state index contributed by atoms with van der Waals surface area (Å²) in [5.41, 5.74) is 5.81. The number of halogens is 1. The Kier molecular flexibility index (Phi) is 3.63. The van der Waals surface area contributed by atoms with Crippen molar-refractivity contribution in [1.29, 1.82) is 0 Å². The van der Waals surface area contributed by atoms with Crippen LogP contribution in [0.2, 0.25) is 0 Å². The first-order valence-electron chi connectivity index (χ1n) is 5.88. The predicted molar refractivity (Wildman–Crippen MR) is 65.2 cm³/mol. The monoisotopic (exact) mass is 252 g/mol. The molecule has 0 radical (unpaired) electrons. The summed E-state index contributed by atoms with van der Waals surface area (Å²) in [6.07, 6.45) is 0.527. The number of amides is 1. The van der Waals surface area contributed by atoms with Gasteiger partial charge in [-0.15, -0.1) is 0 Å². The largest absolute Gasteiger partial charge is 0.379 e. The van der Waals surface area contributed by atoms with Crippen LogP contribution in [0.3, 0.4) is 0 Å². The van der Waals surface area contributed by atoms with E-state index in [0.717, 1.165) is 5.56 Å². The van der Waals surface area contributed by atoms with Crippen LogP contribution in [0, 0.1) is 5.82 Å². The van der Waals surface area contributed by atoms with Gasteiger partial charge in [0.2, 0.25) is 5.91 Å². The number of hydrogen-bond donors (Lipinski definition) is 1. The molecule has 1 fully saturated rings. The Labute approximate surface area is 106 Å². The van der Waals surface area contributed by atoms with Gasteiger partial charge in [-0.1, -0.05) is 12.1 Å². The molecule has 18 heavy (non-hydrogen) atoms. The lowest BCUT2D eigenvalue weighted by molar-refractivity contribution is -0.136. The molecule has 2 N–H and O–H groups in total. The van der Waals surface area contributed by atoms with Gasteiger partial charge in [0.15, 0.2) is 0 Å². The van der Waals surface area contributed by atoms with E-state index in [9.17, 15) is 9.18 Å². The molecule has 0 spiro atoms. The number of ether oxygens (including phenoxy) is 1. The van der Waals surface area contributed by atoms with Crippen molar-refractivity contribution in [1.82, 2.24) is 4.90 Å². The number of nitrogens with two attached hydrogens (primary N) is 1. The SMILES string of the molecule is CN(Cc1cccc(F)c1)C(=O)C1(N)CCOC1. The van der Waals surface area contributed by atoms with Gasteiger partial charge in [-0.05, 0) is 24.1 Å². The van der Waals surface area contributed by atoms with Gasteiger partial charge in [0, 0.05) is 20.2 Å². The Morgan fingerprint density at radius 2 is 2.39 bits per heavy atom. The summed E-state index contributed by atoms with van der Waals surface area (Å²) >= 11 is 0. The molecule has 4 nitrogen and oxygen atoms in total. The Hall–Kier alpha value is -1.46. The number of hydrogen-bond acceptors (Lipinski definition) is 3. The molecule has 1 aromatic carbocycles. The number of nitrogens with zero attached hydrogens (tertiary/aromatic N) is 1. The lowest BCUT2D eigenvalue weighted by atomic mass is 9.98. The highest BCUT2D eigenvalue weighted by atomic mass is 19.1. The fourth-order valence-corrected chi connectivity index (χ4v) is 2.11. The first-order valence-corrected chi connectivity index (χ1v) is 5.88. The smallest absolute Gasteiger partial charge is 0.245 e. The van der Waals surface area contributed by atoms with Crippen LogP contribution in [-0.4, -0.2) is 36.6 Å². The zero-order valence-corrected chi connectivity index (χ0v) is 10.4. The van der Waals surface area contributed by atoms with Crippen LogP contribution in [0.4, 0.5) is 4.39 Å². The van der Waals surface area contributed by atoms with E-state index in [1.165, 1.54) is 17.0 Å². The van der Waals surface area contributed by atoms with Crippen molar-refractivity contribution in [3.05, 3.63) is 35.6 Å². The van der Waals surface area contributed by atoms with Crippen LogP contribution < -0.4 is 5.73 Å². The van der Waals surface area contributed by atoms with E-state index in [1.54, 1.807) is 19.2 Å². The number of rotatable bonds is 3. The van der Waals surface area contributed by atoms with Gasteiger partial charge in [-0.3, -0.25) is 4.79 Å². The van der Waals surface area contributed by atoms with Crippen LogP contribution >= 0.6 is 0 Å². The molecule has 1 atom stereocenters. The van der Waals surface area contributed by atoms with Crippen LogP contribution in [0.5, 0.6) is 0 Å². The molecule has 1 unspecified atom stereocenters. The molecule has 0 aromatic heterocycles. The van der Waals surface area contributed by atoms with Gasteiger partial charge < -0.3 is 15.4 Å². The lowest BCUT2D eigenvalue weighted by Gasteiger charge is -2.27. The summed E-state index contributed by atoms with van der Waals surface area (Å²) in [7, 11) is 1.67. The molecular weight excluding hydrogens is 235 g/mol. The zero-order valence-electron chi connectivity index (χ0n) is 10.4. The fourth-order valence-electron chi connectivity index (χ4n) is 2.11. The number of benzene rings is 1. The van der Waals surface area contributed by atoms with Gasteiger partial charge in [0.05, 0.1) is 6.61 Å². The summed E-state index contributed by atoms with van der Waals surface area (Å²) in [6.45, 7) is 1.10. The highest BCUT2D eigenvalue weighted by Crippen LogP contribution is 2.19. The van der Waals surface area contributed by atoms with Crippen molar-refractivity contribution < 1.29 is 13.9 Å². The second kappa shape index (κ2) is 5.04. The summed E-state index contributed by atoms with van der Waals surface area (Å²) in [5, 5.41) is 0. The predicted octanol–water partition coefficient (Wildman–Crippen LogP) is 0.902. The highest BCUT2D eigenvalue weighted by Gasteiger charge is 2.40. The van der Waals surface area contributed by atoms with E-state index in [-0.39, 0.29) is 18.3 Å². The summed E-state index contributed by atoms with van der Waals surface area (Å²) in [4.78, 5) is 13.7. The highest BCUT2D eigenvalue weighted by molar-refractivity contribution is 5.86. The third kappa shape index (κ3) is 2.68. The van der Waals surface area contributed by atoms with Crippen molar-refractivity contribution in [3.63, 3.8) is 0 Å². The van der Waals surface area contributed by atoms with E-state index in [4.69, 9.17) is 10.5 Å². The Balaban J connectivity index is 2.03. The topological polar surface area (TPSA) is 55.6 Å². The number of carbonyl (C=O) groups excluding carboxylic acids is 1. The average Bonchev–Trinajstić information content (AvgIpc) is 2.76. The number of carbonyl (C=O) groups is 1. The van der Waals surface area contributed by atoms with Gasteiger partial charge in [0.1, 0.15) is 11.4 Å². The van der Waals surface area contributed by atoms with E-state index >= 15 is 0 Å². The van der Waals surface area contributed by atoms with Crippen molar-refractivity contribution in [2.45, 2.75) is 18.5 Å². The fraction of sp³-hybridized carbons (Fsp3) is 0.462. The first-order chi connectivity index (χ1) is 8.51. The van der Waals surface area contributed by atoms with Gasteiger partial charge in [-0.25, -0.2) is 4.39 Å². The van der Waals surface area contributed by atoms with E-state index < -0.39 is 5.54 Å². The van der Waals surface area contributed by atoms with Crippen LogP contribution in [0.1, 0.15) is 12.0 Å². The Morgan fingerprint density at radius 3 is 3.00 bits per heavy atom. The van der Waals surface area contributed by atoms with E-state index in [0.29, 0.717) is 19.6 Å². The molecule has 98 valence electrons. The molecule has 1 saturated heterocycles. The normalized spacial score (nSPS) is 23.1. The standard InChI is InChI=1S/C13H17FN2O2/c1-16(8-10-3-2-4-11(14)7-10)12(17)13(15)5-6-18-9-13/h2-4,7H,5-6,8-9,15H2,1H3. The first kappa shape index (κ1) is 13.0. The molecule has 0 bridgehead atoms. The molecule has 0 aliphatic carbocycles. The maximum absolute atomic E-state index is 13.0. The molecule has 1 heterocycles. The molecule has 1 aliphatic heterocycles. The minimum absolute atomic E-state index is 0.163. The minimum Gasteiger partial charge on any atom is -0.379 e. The second-order valence-corrected chi connectivity index (χ2v) is 4.75. The third-order valence-electron chi connectivity index (χ3n) is 3.13. The van der Waals surface area contributed by atoms with Crippen molar-refractivity contribution in [2.75, 3.05) is 20.3 Å². The molecule has 5 heteroatoms. The summed E-state index contributed by atoms with van der Waals surface area (Å²) in [5.74, 6) is -0.468. The third-order valence-corrected chi connectivity index (χ3v) is 3.13. The van der Waals surface area contributed by atoms with Crippen molar-refractivity contribution in [3.8, 4) is 0 Å². The van der Waals surface area contributed by atoms with Crippen molar-refractivity contribution >= 4 is 5.91 Å². The molecule has 1 aromatic rings. The summed E-state index contributed by atoms with van der Waals surface area (Å²) < 4.78 is 18.2. The summed E-state index contributed by atoms with van der Waals surface area (Å²) in [6, 6.07) is 6.19. The zero-order chi connectivity index (χ0) is 13.2. The molecule has 0 saturated carbocycles. The van der Waals surface area contributed by atoms with Gasteiger partial charge >= 0.3 is 0 Å². The van der Waals surface area contributed by atoms with Crippen molar-refractivity contribution in [2.24, 2.45) is 5.73 Å². The van der Waals surface area contributed by atoms with E-state index in [1.807, 2.05) is 0 Å². The van der Waals surface area contributed by atoms with Crippen LogP contribution in [0.25, 0.3) is 0 Å². The molecule has 1 aliphatic rings. The van der Waals surface area contributed by atoms with Crippen LogP contribution in [-0.2, 0) is 16.1 Å². The number of likely N-dealkylation sites (N-methyl/N-ethyl adjacent to an activating group) is 1. The maximum atomic E-state index is 13.0. The minimum atomic E-state index is -0.928. The Bertz CT molecular complexity index is 444. The average molecular weight is 252 g/mol. The molecule has 1 amide bonds. The van der Waals surface area contributed by atoms with Gasteiger partial charge in [-0.2, -0.15) is 0 Å². The molecule has 2 rings (SSSR count). The quantitative estimate of drug-likeness (QED) is 0.869. The lowest BCUT2D eigenvalue weighted by Crippen LogP contribution is -2.54. The maximum Gasteiger partial charge on any atom is 0.245 e. The van der Waals surface area contributed by atoms with E-state index in [2.05, 4.69) is 0 Å². The Morgan fingerprint density at radius 1 is 1.61 bits per heavy atom. The van der Waals surface area contributed by atoms with Crippen LogP contribution in [0.15, 0.2) is 24.3 Å². The second-order valence-electron chi connectivity index (χ2n) is 4.75.